The average molecular weight is 446 g/mol. The van der Waals surface area contributed by atoms with E-state index in [1.807, 2.05) is 49.3 Å². The summed E-state index contributed by atoms with van der Waals surface area (Å²) in [4.78, 5) is 12.6. The zero-order chi connectivity index (χ0) is 23.3. The standard InChI is InChI=1S/C25H35NO6/c1-26(2)17-22(32-25(29)10-6-9-24(27)28)18-31-23-8-5-4-7-20(23)14-11-19-12-15-21(30-3)16-13-19/h4-5,7-8,12-13,15-16,22,25,29H,6,9-11,14,17-18H2,1-3H3,(H,27,28)/t22-,25?/m0/s1. The van der Waals surface area contributed by atoms with Gasteiger partial charge in [0.25, 0.3) is 0 Å². The van der Waals surface area contributed by atoms with Crippen molar-refractivity contribution < 1.29 is 29.2 Å². The summed E-state index contributed by atoms with van der Waals surface area (Å²) in [6.45, 7) is 0.859. The number of aliphatic hydroxyl groups excluding tert-OH is 1. The van der Waals surface area contributed by atoms with Crippen LogP contribution in [0.2, 0.25) is 0 Å². The molecular weight excluding hydrogens is 410 g/mol. The highest BCUT2D eigenvalue weighted by atomic mass is 16.6. The minimum atomic E-state index is -1.02. The number of carboxylic acid groups (broad SMARTS) is 1. The molecule has 0 spiro atoms. The first-order valence-electron chi connectivity index (χ1n) is 10.9. The number of aliphatic carboxylic acids is 1. The lowest BCUT2D eigenvalue weighted by Gasteiger charge is -2.25. The first-order chi connectivity index (χ1) is 15.4. The molecular formula is C25H35NO6. The van der Waals surface area contributed by atoms with Crippen LogP contribution in [0.3, 0.4) is 0 Å². The lowest BCUT2D eigenvalue weighted by molar-refractivity contribution is -0.152. The third-order valence-corrected chi connectivity index (χ3v) is 5.00. The van der Waals surface area contributed by atoms with Gasteiger partial charge in [-0.15, -0.1) is 0 Å². The Bertz CT molecular complexity index is 808. The van der Waals surface area contributed by atoms with E-state index in [1.54, 1.807) is 7.11 Å². The highest BCUT2D eigenvalue weighted by Crippen LogP contribution is 2.22. The summed E-state index contributed by atoms with van der Waals surface area (Å²) in [5.74, 6) is 0.764. The first kappa shape index (κ1) is 25.6. The second-order valence-corrected chi connectivity index (χ2v) is 8.03. The van der Waals surface area contributed by atoms with Gasteiger partial charge in [-0.2, -0.15) is 0 Å². The predicted octanol–water partition coefficient (Wildman–Crippen LogP) is 3.38. The topological polar surface area (TPSA) is 88.5 Å². The molecule has 2 aromatic rings. The van der Waals surface area contributed by atoms with Gasteiger partial charge in [0, 0.05) is 13.0 Å². The largest absolute Gasteiger partial charge is 0.497 e. The number of hydrogen-bond donors (Lipinski definition) is 2. The predicted molar refractivity (Wildman–Crippen MR) is 123 cm³/mol. The normalized spacial score (nSPS) is 13.0. The average Bonchev–Trinajstić information content (AvgIpc) is 2.76. The molecule has 0 aliphatic rings. The van der Waals surface area contributed by atoms with Crippen molar-refractivity contribution in [1.82, 2.24) is 4.90 Å². The number of rotatable bonds is 15. The summed E-state index contributed by atoms with van der Waals surface area (Å²) >= 11 is 0. The van der Waals surface area contributed by atoms with Crippen LogP contribution in [0.5, 0.6) is 11.5 Å². The minimum Gasteiger partial charge on any atom is -0.497 e. The van der Waals surface area contributed by atoms with E-state index in [-0.39, 0.29) is 25.6 Å². The second-order valence-electron chi connectivity index (χ2n) is 8.03. The number of carboxylic acids is 1. The van der Waals surface area contributed by atoms with Gasteiger partial charge in [-0.05, 0) is 69.1 Å². The first-order valence-corrected chi connectivity index (χ1v) is 10.9. The summed E-state index contributed by atoms with van der Waals surface area (Å²) in [5.41, 5.74) is 2.33. The van der Waals surface area contributed by atoms with Gasteiger partial charge >= 0.3 is 5.97 Å². The van der Waals surface area contributed by atoms with E-state index in [1.165, 1.54) is 5.56 Å². The Labute approximate surface area is 190 Å². The molecule has 2 aromatic carbocycles. The Kier molecular flexibility index (Phi) is 11.0. The monoisotopic (exact) mass is 445 g/mol. The molecule has 2 atom stereocenters. The Morgan fingerprint density at radius 1 is 1.06 bits per heavy atom. The number of aliphatic hydroxyl groups is 1. The van der Waals surface area contributed by atoms with Crippen molar-refractivity contribution in [2.75, 3.05) is 34.4 Å². The molecule has 176 valence electrons. The van der Waals surface area contributed by atoms with E-state index >= 15 is 0 Å². The Hall–Kier alpha value is -2.61. The molecule has 0 saturated heterocycles. The number of nitrogens with zero attached hydrogens (tertiary/aromatic N) is 1. The molecule has 2 N–H and O–H groups in total. The molecule has 0 fully saturated rings. The van der Waals surface area contributed by atoms with E-state index < -0.39 is 12.3 Å². The van der Waals surface area contributed by atoms with E-state index in [4.69, 9.17) is 19.3 Å². The van der Waals surface area contributed by atoms with Crippen molar-refractivity contribution in [1.29, 1.82) is 0 Å². The quantitative estimate of drug-likeness (QED) is 0.406. The van der Waals surface area contributed by atoms with Gasteiger partial charge in [0.15, 0.2) is 6.29 Å². The van der Waals surface area contributed by atoms with E-state index in [0.717, 1.165) is 29.9 Å². The van der Waals surface area contributed by atoms with Crippen LogP contribution in [-0.4, -0.2) is 67.8 Å². The molecule has 0 aliphatic heterocycles. The molecule has 0 bridgehead atoms. The Morgan fingerprint density at radius 3 is 2.44 bits per heavy atom. The number of aryl methyl sites for hydroxylation is 2. The lowest BCUT2D eigenvalue weighted by atomic mass is 10.0. The second kappa shape index (κ2) is 13.7. The van der Waals surface area contributed by atoms with Crippen LogP contribution in [0, 0.1) is 0 Å². The number of methoxy groups -OCH3 is 1. The number of benzene rings is 2. The van der Waals surface area contributed by atoms with Crippen molar-refractivity contribution >= 4 is 5.97 Å². The molecule has 7 heteroatoms. The summed E-state index contributed by atoms with van der Waals surface area (Å²) in [6, 6.07) is 16.0. The molecule has 0 heterocycles. The molecule has 32 heavy (non-hydrogen) atoms. The van der Waals surface area contributed by atoms with Crippen LogP contribution in [0.15, 0.2) is 48.5 Å². The third-order valence-electron chi connectivity index (χ3n) is 5.00. The molecule has 0 aromatic heterocycles. The maximum absolute atomic E-state index is 10.7. The van der Waals surface area contributed by atoms with Crippen LogP contribution in [0.25, 0.3) is 0 Å². The van der Waals surface area contributed by atoms with Crippen LogP contribution in [0.1, 0.15) is 30.4 Å². The van der Waals surface area contributed by atoms with Crippen molar-refractivity contribution in [2.24, 2.45) is 0 Å². The number of para-hydroxylation sites is 1. The molecule has 2 rings (SSSR count). The molecule has 0 radical (unpaired) electrons. The van der Waals surface area contributed by atoms with E-state index in [2.05, 4.69) is 18.2 Å². The molecule has 0 amide bonds. The third kappa shape index (κ3) is 9.68. The van der Waals surface area contributed by atoms with Gasteiger partial charge in [-0.25, -0.2) is 0 Å². The van der Waals surface area contributed by atoms with Gasteiger partial charge in [0.2, 0.25) is 0 Å². The number of hydrogen-bond acceptors (Lipinski definition) is 6. The minimum absolute atomic E-state index is 0.0108. The fourth-order valence-corrected chi connectivity index (χ4v) is 3.37. The van der Waals surface area contributed by atoms with Crippen molar-refractivity contribution in [3.05, 3.63) is 59.7 Å². The van der Waals surface area contributed by atoms with Crippen molar-refractivity contribution in [3.8, 4) is 11.5 Å². The van der Waals surface area contributed by atoms with Crippen LogP contribution < -0.4 is 9.47 Å². The van der Waals surface area contributed by atoms with Crippen LogP contribution in [-0.2, 0) is 22.4 Å². The number of ether oxygens (including phenoxy) is 3. The summed E-state index contributed by atoms with van der Waals surface area (Å²) in [7, 11) is 5.51. The highest BCUT2D eigenvalue weighted by Gasteiger charge is 2.18. The zero-order valence-corrected chi connectivity index (χ0v) is 19.2. The SMILES string of the molecule is COc1ccc(CCc2ccccc2OC[C@H](CN(C)C)OC(O)CCCC(=O)O)cc1. The Morgan fingerprint density at radius 2 is 1.78 bits per heavy atom. The molecule has 7 nitrogen and oxygen atoms in total. The molecule has 0 aliphatic carbocycles. The van der Waals surface area contributed by atoms with E-state index in [9.17, 15) is 9.90 Å². The van der Waals surface area contributed by atoms with Gasteiger partial charge in [-0.3, -0.25) is 4.79 Å². The van der Waals surface area contributed by atoms with Gasteiger partial charge in [0.1, 0.15) is 24.2 Å². The summed E-state index contributed by atoms with van der Waals surface area (Å²) < 4.78 is 17.0. The number of carbonyl (C=O) groups is 1. The Balaban J connectivity index is 1.92. The van der Waals surface area contributed by atoms with E-state index in [0.29, 0.717) is 13.0 Å². The summed E-state index contributed by atoms with van der Waals surface area (Å²) in [5, 5.41) is 18.9. The molecule has 0 saturated carbocycles. The fraction of sp³-hybridized carbons (Fsp3) is 0.480. The molecule has 1 unspecified atom stereocenters. The summed E-state index contributed by atoms with van der Waals surface area (Å²) in [6.07, 6.45) is 0.989. The maximum Gasteiger partial charge on any atom is 0.303 e. The van der Waals surface area contributed by atoms with Crippen molar-refractivity contribution in [3.63, 3.8) is 0 Å². The lowest BCUT2D eigenvalue weighted by Crippen LogP contribution is -2.36. The maximum atomic E-state index is 10.7. The van der Waals surface area contributed by atoms with Gasteiger partial charge in [-0.1, -0.05) is 30.3 Å². The zero-order valence-electron chi connectivity index (χ0n) is 19.2. The van der Waals surface area contributed by atoms with Gasteiger partial charge in [0.05, 0.1) is 7.11 Å². The highest BCUT2D eigenvalue weighted by molar-refractivity contribution is 5.66. The fourth-order valence-electron chi connectivity index (χ4n) is 3.37. The van der Waals surface area contributed by atoms with Crippen LogP contribution in [0.4, 0.5) is 0 Å². The number of likely N-dealkylation sites (N-methyl/N-ethyl adjacent to an activating group) is 1. The van der Waals surface area contributed by atoms with Gasteiger partial charge < -0.3 is 29.3 Å². The van der Waals surface area contributed by atoms with Crippen molar-refractivity contribution in [2.45, 2.75) is 44.5 Å². The smallest absolute Gasteiger partial charge is 0.303 e. The van der Waals surface area contributed by atoms with Crippen LogP contribution >= 0.6 is 0 Å².